The molecule has 0 aliphatic carbocycles. The first-order valence-electron chi connectivity index (χ1n) is 13.5. The van der Waals surface area contributed by atoms with Crippen LogP contribution in [-0.2, 0) is 14.1 Å². The second-order valence-corrected chi connectivity index (χ2v) is 10.6. The molecule has 0 spiro atoms. The van der Waals surface area contributed by atoms with E-state index in [4.69, 9.17) is 9.97 Å². The standard InChI is InChI=1S/C34H24N6/c1-37-29-16-14-23(19-31(29)39-27-12-5-3-10-25(27)35-33(37)39)21-8-7-9-22(18-21)24-15-17-30-32(20-24)40-28-13-6-4-11-26(28)36-34(40)38(30)2/h3-20H,1-2H3. The summed E-state index contributed by atoms with van der Waals surface area (Å²) in [5, 5.41) is 0. The van der Waals surface area contributed by atoms with Gasteiger partial charge in [0.1, 0.15) is 0 Å². The minimum Gasteiger partial charge on any atom is -0.313 e. The smallest absolute Gasteiger partial charge is 0.215 e. The van der Waals surface area contributed by atoms with Gasteiger partial charge in [-0.15, -0.1) is 0 Å². The Morgan fingerprint density at radius 3 is 1.35 bits per heavy atom. The Bertz CT molecular complexity index is 2290. The fourth-order valence-electron chi connectivity index (χ4n) is 6.38. The molecule has 0 radical (unpaired) electrons. The van der Waals surface area contributed by atoms with Gasteiger partial charge in [-0.1, -0.05) is 54.6 Å². The van der Waals surface area contributed by atoms with Gasteiger partial charge >= 0.3 is 0 Å². The van der Waals surface area contributed by atoms with Crippen LogP contribution in [0.1, 0.15) is 0 Å². The lowest BCUT2D eigenvalue weighted by molar-refractivity contribution is 0.973. The van der Waals surface area contributed by atoms with Crippen molar-refractivity contribution in [1.82, 2.24) is 27.9 Å². The number of benzene rings is 5. The van der Waals surface area contributed by atoms with Gasteiger partial charge in [-0.25, -0.2) is 9.97 Å². The molecule has 0 saturated carbocycles. The van der Waals surface area contributed by atoms with Crippen LogP contribution in [0.25, 0.3) is 77.9 Å². The van der Waals surface area contributed by atoms with E-state index in [1.54, 1.807) is 0 Å². The van der Waals surface area contributed by atoms with Gasteiger partial charge in [0.05, 0.1) is 44.1 Å². The van der Waals surface area contributed by atoms with Crippen LogP contribution in [0.2, 0.25) is 0 Å². The molecular weight excluding hydrogens is 492 g/mol. The number of aromatic nitrogens is 6. The van der Waals surface area contributed by atoms with E-state index < -0.39 is 0 Å². The number of hydrogen-bond donors (Lipinski definition) is 0. The molecule has 190 valence electrons. The van der Waals surface area contributed by atoms with Crippen LogP contribution in [0.3, 0.4) is 0 Å². The molecule has 0 N–H and O–H groups in total. The second-order valence-electron chi connectivity index (χ2n) is 10.6. The summed E-state index contributed by atoms with van der Waals surface area (Å²) in [6.07, 6.45) is 0. The molecule has 0 fully saturated rings. The molecule has 0 unspecified atom stereocenters. The number of rotatable bonds is 2. The monoisotopic (exact) mass is 516 g/mol. The summed E-state index contributed by atoms with van der Waals surface area (Å²) in [7, 11) is 4.17. The third-order valence-corrected chi connectivity index (χ3v) is 8.37. The van der Waals surface area contributed by atoms with Gasteiger partial charge in [0, 0.05) is 14.1 Å². The molecule has 0 atom stereocenters. The maximum atomic E-state index is 4.89. The van der Waals surface area contributed by atoms with E-state index in [0.717, 1.165) is 44.7 Å². The summed E-state index contributed by atoms with van der Waals surface area (Å²) in [5.41, 5.74) is 13.7. The summed E-state index contributed by atoms with van der Waals surface area (Å²) in [6.45, 7) is 0. The average Bonchev–Trinajstić information content (AvgIpc) is 3.72. The number of nitrogens with zero attached hydrogens (tertiary/aromatic N) is 6. The zero-order chi connectivity index (χ0) is 26.5. The van der Waals surface area contributed by atoms with Crippen molar-refractivity contribution in [1.29, 1.82) is 0 Å². The van der Waals surface area contributed by atoms with Crippen molar-refractivity contribution in [2.75, 3.05) is 0 Å². The predicted molar refractivity (Wildman–Crippen MR) is 163 cm³/mol. The molecule has 9 aromatic rings. The minimum atomic E-state index is 0.955. The zero-order valence-electron chi connectivity index (χ0n) is 22.1. The first-order valence-corrected chi connectivity index (χ1v) is 13.5. The minimum absolute atomic E-state index is 0.955. The molecule has 40 heavy (non-hydrogen) atoms. The molecule has 0 saturated heterocycles. The molecule has 6 nitrogen and oxygen atoms in total. The summed E-state index contributed by atoms with van der Waals surface area (Å²) in [4.78, 5) is 9.78. The fraction of sp³-hybridized carbons (Fsp3) is 0.0588. The predicted octanol–water partition coefficient (Wildman–Crippen LogP) is 7.61. The van der Waals surface area contributed by atoms with Crippen molar-refractivity contribution >= 4 is 55.7 Å². The van der Waals surface area contributed by atoms with Gasteiger partial charge in [-0.2, -0.15) is 0 Å². The van der Waals surface area contributed by atoms with Crippen LogP contribution in [0.4, 0.5) is 0 Å². The molecule has 0 aliphatic heterocycles. The molecule has 6 heteroatoms. The molecule has 9 rings (SSSR count). The lowest BCUT2D eigenvalue weighted by Crippen LogP contribution is -1.88. The molecule has 0 bridgehead atoms. The van der Waals surface area contributed by atoms with E-state index in [1.165, 1.54) is 33.3 Å². The lowest BCUT2D eigenvalue weighted by atomic mass is 9.98. The molecule has 0 amide bonds. The van der Waals surface area contributed by atoms with Gasteiger partial charge in [0.15, 0.2) is 0 Å². The summed E-state index contributed by atoms with van der Waals surface area (Å²) >= 11 is 0. The van der Waals surface area contributed by atoms with Gasteiger partial charge in [-0.05, 0) is 76.9 Å². The molecule has 4 heterocycles. The number of hydrogen-bond acceptors (Lipinski definition) is 2. The number of para-hydroxylation sites is 4. The molecular formula is C34H24N6. The van der Waals surface area contributed by atoms with Crippen molar-refractivity contribution in [3.05, 3.63) is 109 Å². The highest BCUT2D eigenvalue weighted by Gasteiger charge is 2.16. The molecule has 0 aliphatic rings. The first kappa shape index (κ1) is 21.6. The fourth-order valence-corrected chi connectivity index (χ4v) is 6.38. The van der Waals surface area contributed by atoms with Crippen LogP contribution in [0, 0.1) is 0 Å². The zero-order valence-corrected chi connectivity index (χ0v) is 22.1. The Morgan fingerprint density at radius 1 is 0.400 bits per heavy atom. The Labute approximate surface area is 229 Å². The Hall–Kier alpha value is -5.36. The highest BCUT2D eigenvalue weighted by molar-refractivity contribution is 5.94. The van der Waals surface area contributed by atoms with Crippen molar-refractivity contribution in [2.24, 2.45) is 14.1 Å². The lowest BCUT2D eigenvalue weighted by Gasteiger charge is -2.08. The highest BCUT2D eigenvalue weighted by atomic mass is 15.2. The van der Waals surface area contributed by atoms with E-state index in [0.29, 0.717) is 0 Å². The van der Waals surface area contributed by atoms with Gasteiger partial charge < -0.3 is 9.13 Å². The summed E-state index contributed by atoms with van der Waals surface area (Å²) < 4.78 is 8.88. The number of aryl methyl sites for hydroxylation is 2. The second kappa shape index (κ2) is 7.61. The van der Waals surface area contributed by atoms with Crippen LogP contribution in [0.15, 0.2) is 109 Å². The van der Waals surface area contributed by atoms with Gasteiger partial charge in [-0.3, -0.25) is 8.80 Å². The van der Waals surface area contributed by atoms with Crippen LogP contribution < -0.4 is 0 Å². The number of fused-ring (bicyclic) bond motifs is 10. The molecule has 4 aromatic heterocycles. The van der Waals surface area contributed by atoms with E-state index in [2.05, 4.69) is 129 Å². The van der Waals surface area contributed by atoms with Crippen LogP contribution in [-0.4, -0.2) is 27.9 Å². The van der Waals surface area contributed by atoms with E-state index in [1.807, 2.05) is 12.1 Å². The van der Waals surface area contributed by atoms with Crippen molar-refractivity contribution < 1.29 is 0 Å². The number of imidazole rings is 4. The van der Waals surface area contributed by atoms with Crippen molar-refractivity contribution in [2.45, 2.75) is 0 Å². The third-order valence-electron chi connectivity index (χ3n) is 8.37. The van der Waals surface area contributed by atoms with Crippen LogP contribution >= 0.6 is 0 Å². The van der Waals surface area contributed by atoms with E-state index in [-0.39, 0.29) is 0 Å². The Morgan fingerprint density at radius 2 is 0.850 bits per heavy atom. The first-order chi connectivity index (χ1) is 19.7. The Kier molecular flexibility index (Phi) is 4.10. The van der Waals surface area contributed by atoms with E-state index >= 15 is 0 Å². The maximum Gasteiger partial charge on any atom is 0.215 e. The average molecular weight is 517 g/mol. The van der Waals surface area contributed by atoms with Crippen molar-refractivity contribution in [3.8, 4) is 22.3 Å². The summed E-state index contributed by atoms with van der Waals surface area (Å²) in [5.74, 6) is 1.91. The van der Waals surface area contributed by atoms with Crippen LogP contribution in [0.5, 0.6) is 0 Å². The normalized spacial score (nSPS) is 12.2. The summed E-state index contributed by atoms with van der Waals surface area (Å²) in [6, 6.07) is 38.9. The molecule has 5 aromatic carbocycles. The largest absolute Gasteiger partial charge is 0.313 e. The third kappa shape index (κ3) is 2.77. The topological polar surface area (TPSA) is 44.5 Å². The maximum absolute atomic E-state index is 4.89. The van der Waals surface area contributed by atoms with Crippen molar-refractivity contribution in [3.63, 3.8) is 0 Å². The quantitative estimate of drug-likeness (QED) is 0.237. The highest BCUT2D eigenvalue weighted by Crippen LogP contribution is 2.33. The Balaban J connectivity index is 1.22. The van der Waals surface area contributed by atoms with Gasteiger partial charge in [0.25, 0.3) is 0 Å². The van der Waals surface area contributed by atoms with Gasteiger partial charge in [0.2, 0.25) is 11.6 Å². The SMILES string of the molecule is Cn1c2ccc(-c3cccc(-c4ccc5c(c4)n4c6ccccc6nc4n5C)c3)cc2n2c3ccccc3nc12. The van der Waals surface area contributed by atoms with E-state index in [9.17, 15) is 0 Å².